The highest BCUT2D eigenvalue weighted by Crippen LogP contribution is 2.45. The van der Waals surface area contributed by atoms with Gasteiger partial charge in [-0.1, -0.05) is 179 Å². The Morgan fingerprint density at radius 3 is 1.35 bits per heavy atom. The standard InChI is InChI=1S/C51H97O13P/c1-3-5-7-9-11-13-15-17-19-20-21-22-23-24-26-28-30-32-34-36-38-40-49(56)63-45(44-62-65(59,60)64-47(42-53)51(58)50(57)46(54)41-52)43-61-48(55)39-37-35-33-31-29-27-25-18-16-14-12-10-8-6-4-2/h11,13,30,32,45-47,50-54,57-58H,3-10,12,14-29,31,33-44H2,1-2H3,(H,59,60)/b13-11-,32-30-/t45-,46-,47-,50-,51-/m1/s1/i43D/t43?,45-,46-,47-,50-,51-. The Morgan fingerprint density at radius 2 is 0.908 bits per heavy atom. The van der Waals surface area contributed by atoms with Crippen molar-refractivity contribution >= 4 is 19.8 Å². The lowest BCUT2D eigenvalue weighted by Crippen LogP contribution is -2.47. The van der Waals surface area contributed by atoms with Gasteiger partial charge in [0.05, 0.1) is 21.2 Å². The van der Waals surface area contributed by atoms with Crippen LogP contribution in [0.15, 0.2) is 24.3 Å². The largest absolute Gasteiger partial charge is 0.472 e. The number of aliphatic hydroxyl groups is 5. The fourth-order valence-corrected chi connectivity index (χ4v) is 8.34. The Balaban J connectivity index is 4.73. The van der Waals surface area contributed by atoms with Gasteiger partial charge in [-0.05, 0) is 64.2 Å². The second-order valence-electron chi connectivity index (χ2n) is 17.8. The number of allylic oxidation sites excluding steroid dienone is 4. The molecule has 65 heavy (non-hydrogen) atoms. The number of rotatable bonds is 49. The van der Waals surface area contributed by atoms with E-state index in [0.717, 1.165) is 44.9 Å². The highest BCUT2D eigenvalue weighted by Gasteiger charge is 2.37. The van der Waals surface area contributed by atoms with Crippen LogP contribution in [-0.4, -0.2) is 99.3 Å². The molecule has 0 aliphatic rings. The average molecular weight is 950 g/mol. The fourth-order valence-electron chi connectivity index (χ4n) is 7.41. The van der Waals surface area contributed by atoms with E-state index in [1.807, 2.05) is 0 Å². The Labute approximate surface area is 396 Å². The third kappa shape index (κ3) is 41.1. The number of phosphoric ester groups is 1. The van der Waals surface area contributed by atoms with Crippen LogP contribution in [0.4, 0.5) is 0 Å². The molecule has 13 nitrogen and oxygen atoms in total. The number of unbranched alkanes of at least 4 members (excludes halogenated alkanes) is 28. The summed E-state index contributed by atoms with van der Waals surface area (Å²) in [6.45, 7) is -0.295. The first-order valence-electron chi connectivity index (χ1n) is 26.5. The monoisotopic (exact) mass is 950 g/mol. The minimum Gasteiger partial charge on any atom is -0.462 e. The summed E-state index contributed by atoms with van der Waals surface area (Å²) in [6, 6.07) is 0. The summed E-state index contributed by atoms with van der Waals surface area (Å²) in [7, 11) is -5.17. The number of phosphoric acid groups is 1. The summed E-state index contributed by atoms with van der Waals surface area (Å²) >= 11 is 0. The van der Waals surface area contributed by atoms with Gasteiger partial charge in [-0.15, -0.1) is 0 Å². The zero-order chi connectivity index (χ0) is 48.9. The van der Waals surface area contributed by atoms with Gasteiger partial charge in [-0.3, -0.25) is 18.6 Å². The number of esters is 2. The maximum atomic E-state index is 12.9. The van der Waals surface area contributed by atoms with Crippen molar-refractivity contribution in [2.24, 2.45) is 0 Å². The van der Waals surface area contributed by atoms with Crippen molar-refractivity contribution in [2.75, 3.05) is 26.4 Å². The van der Waals surface area contributed by atoms with Gasteiger partial charge in [0.25, 0.3) is 0 Å². The van der Waals surface area contributed by atoms with Crippen LogP contribution in [0.3, 0.4) is 0 Å². The summed E-state index contributed by atoms with van der Waals surface area (Å²) in [4.78, 5) is 35.9. The number of aliphatic hydroxyl groups excluding tert-OH is 5. The number of hydrogen-bond acceptors (Lipinski definition) is 12. The lowest BCUT2D eigenvalue weighted by atomic mass is 10.0. The zero-order valence-corrected chi connectivity index (χ0v) is 41.8. The number of hydrogen-bond donors (Lipinski definition) is 6. The van der Waals surface area contributed by atoms with Crippen molar-refractivity contribution in [3.63, 3.8) is 0 Å². The molecule has 0 aromatic carbocycles. The maximum absolute atomic E-state index is 12.9. The molecule has 14 heteroatoms. The molecule has 0 heterocycles. The molecule has 6 N–H and O–H groups in total. The van der Waals surface area contributed by atoms with E-state index in [9.17, 15) is 39.5 Å². The number of carbonyl (C=O) groups is 2. The quantitative estimate of drug-likeness (QED) is 0.0145. The zero-order valence-electron chi connectivity index (χ0n) is 41.9. The molecule has 0 bridgehead atoms. The normalized spacial score (nSPS) is 16.0. The van der Waals surface area contributed by atoms with Crippen molar-refractivity contribution in [2.45, 2.75) is 263 Å². The van der Waals surface area contributed by atoms with Crippen LogP contribution in [0.1, 0.15) is 234 Å². The molecular formula is C51H97O13P. The van der Waals surface area contributed by atoms with Crippen LogP contribution >= 0.6 is 7.82 Å². The highest BCUT2D eigenvalue weighted by atomic mass is 31.2. The fraction of sp³-hybridized carbons (Fsp3) is 0.882. The first-order valence-corrected chi connectivity index (χ1v) is 27.4. The number of ether oxygens (including phenoxy) is 2. The second kappa shape index (κ2) is 46.1. The van der Waals surface area contributed by atoms with Crippen LogP contribution in [0.2, 0.25) is 0 Å². The van der Waals surface area contributed by atoms with Gasteiger partial charge in [0.15, 0.2) is 6.10 Å². The van der Waals surface area contributed by atoms with Gasteiger partial charge in [0, 0.05) is 12.8 Å². The Bertz CT molecular complexity index is 1220. The van der Waals surface area contributed by atoms with Crippen molar-refractivity contribution in [3.8, 4) is 0 Å². The summed E-state index contributed by atoms with van der Waals surface area (Å²) in [5, 5.41) is 48.5. The molecule has 2 unspecified atom stereocenters. The van der Waals surface area contributed by atoms with E-state index < -0.39 is 76.7 Å². The predicted molar refractivity (Wildman–Crippen MR) is 260 cm³/mol. The van der Waals surface area contributed by atoms with E-state index in [4.69, 9.17) is 25.0 Å². The van der Waals surface area contributed by atoms with Gasteiger partial charge in [0.2, 0.25) is 0 Å². The van der Waals surface area contributed by atoms with E-state index in [-0.39, 0.29) is 12.8 Å². The number of carbonyl (C=O) groups excluding carboxylic acids is 2. The summed E-state index contributed by atoms with van der Waals surface area (Å²) < 4.78 is 41.7. The molecule has 0 amide bonds. The molecule has 0 saturated heterocycles. The molecule has 0 spiro atoms. The molecule has 0 radical (unpaired) electrons. The Hall–Kier alpha value is -1.67. The first kappa shape index (κ1) is 61.3. The van der Waals surface area contributed by atoms with Crippen molar-refractivity contribution in [1.29, 1.82) is 0 Å². The molecule has 7 atom stereocenters. The molecule has 0 aliphatic heterocycles. The first-order chi connectivity index (χ1) is 31.9. The van der Waals surface area contributed by atoms with E-state index in [0.29, 0.717) is 19.3 Å². The van der Waals surface area contributed by atoms with Gasteiger partial charge in [-0.2, -0.15) is 0 Å². The summed E-state index contributed by atoms with van der Waals surface area (Å²) in [6.07, 6.45) is 36.4. The molecular weight excluding hydrogens is 852 g/mol. The van der Waals surface area contributed by atoms with Gasteiger partial charge in [-0.25, -0.2) is 4.57 Å². The lowest BCUT2D eigenvalue weighted by Gasteiger charge is -2.28. The van der Waals surface area contributed by atoms with Crippen LogP contribution < -0.4 is 0 Å². The molecule has 0 rings (SSSR count). The van der Waals surface area contributed by atoms with Crippen molar-refractivity contribution in [3.05, 3.63) is 24.3 Å². The highest BCUT2D eigenvalue weighted by molar-refractivity contribution is 7.47. The SMILES string of the molecule is [2H]C(OC(=O)CCCCCCCCCCCCCCCCC)[C@H](COP(=O)(O)O[C@H](CO)[C@@H](O)[C@H](O)[C@H](O)CO)OC(=O)CCCC/C=C\CCCCCCCCCC/C=C\CCCCC. The smallest absolute Gasteiger partial charge is 0.462 e. The average Bonchev–Trinajstić information content (AvgIpc) is 3.30. The minimum absolute atomic E-state index is 0.0168. The van der Waals surface area contributed by atoms with Crippen molar-refractivity contribution < 1.29 is 64.5 Å². The van der Waals surface area contributed by atoms with Crippen molar-refractivity contribution in [1.82, 2.24) is 0 Å². The third-order valence-electron chi connectivity index (χ3n) is 11.6. The van der Waals surface area contributed by atoms with Crippen LogP contribution in [0.25, 0.3) is 0 Å². The molecule has 0 aromatic heterocycles. The van der Waals surface area contributed by atoms with Crippen LogP contribution in [0, 0.1) is 0 Å². The summed E-state index contributed by atoms with van der Waals surface area (Å²) in [5.41, 5.74) is 0. The Morgan fingerprint density at radius 1 is 0.538 bits per heavy atom. The topological polar surface area (TPSA) is 210 Å². The van der Waals surface area contributed by atoms with Crippen LogP contribution in [0.5, 0.6) is 0 Å². The van der Waals surface area contributed by atoms with Crippen LogP contribution in [-0.2, 0) is 32.7 Å². The molecule has 0 fully saturated rings. The third-order valence-corrected chi connectivity index (χ3v) is 12.6. The maximum Gasteiger partial charge on any atom is 0.472 e. The molecule has 0 saturated carbocycles. The predicted octanol–water partition coefficient (Wildman–Crippen LogP) is 11.4. The molecule has 384 valence electrons. The van der Waals surface area contributed by atoms with E-state index in [2.05, 4.69) is 38.2 Å². The Kier molecular flexibility index (Phi) is 43.5. The second-order valence-corrected chi connectivity index (χ2v) is 19.2. The van der Waals surface area contributed by atoms with Gasteiger partial charge < -0.3 is 39.9 Å². The van der Waals surface area contributed by atoms with E-state index >= 15 is 0 Å². The molecule has 0 aromatic rings. The summed E-state index contributed by atoms with van der Waals surface area (Å²) in [5.74, 6) is -1.42. The van der Waals surface area contributed by atoms with E-state index in [1.54, 1.807) is 0 Å². The lowest BCUT2D eigenvalue weighted by molar-refractivity contribution is -0.161. The minimum atomic E-state index is -5.17. The van der Waals surface area contributed by atoms with E-state index in [1.165, 1.54) is 141 Å². The molecule has 0 aliphatic carbocycles. The van der Waals surface area contributed by atoms with Gasteiger partial charge >= 0.3 is 19.8 Å². The van der Waals surface area contributed by atoms with Gasteiger partial charge in [0.1, 0.15) is 31.0 Å².